The number of ether oxygens (including phenoxy) is 2. The zero-order valence-electron chi connectivity index (χ0n) is 15.2. The summed E-state index contributed by atoms with van der Waals surface area (Å²) in [6, 6.07) is 7.81. The van der Waals surface area contributed by atoms with Crippen molar-refractivity contribution in [1.82, 2.24) is 0 Å². The van der Waals surface area contributed by atoms with Crippen LogP contribution in [-0.4, -0.2) is 34.5 Å². The molecule has 0 saturated carbocycles. The van der Waals surface area contributed by atoms with E-state index in [-0.39, 0.29) is 0 Å². The Kier molecular flexibility index (Phi) is 5.20. The Morgan fingerprint density at radius 3 is 2.21 bits per heavy atom. The standard InChI is InChI=1S/C18H26O5Si/c1-18(23-24(4,5)6)14-10-8-7-9-12(14)11-13(16(19)21-2)15(18)17(20)22-3/h7-10,13,15H,11H2,1-6H3. The average molecular weight is 350 g/mol. The molecule has 132 valence electrons. The van der Waals surface area contributed by atoms with Crippen molar-refractivity contribution in [3.63, 3.8) is 0 Å². The van der Waals surface area contributed by atoms with E-state index >= 15 is 0 Å². The van der Waals surface area contributed by atoms with Crippen molar-refractivity contribution in [2.45, 2.75) is 38.6 Å². The topological polar surface area (TPSA) is 61.8 Å². The number of fused-ring (bicyclic) bond motifs is 1. The van der Waals surface area contributed by atoms with Crippen LogP contribution in [0, 0.1) is 11.8 Å². The van der Waals surface area contributed by atoms with Crippen LogP contribution in [0.2, 0.25) is 19.6 Å². The zero-order chi connectivity index (χ0) is 18.1. The molecule has 3 atom stereocenters. The van der Waals surface area contributed by atoms with Crippen LogP contribution >= 0.6 is 0 Å². The van der Waals surface area contributed by atoms with Crippen molar-refractivity contribution in [2.75, 3.05) is 14.2 Å². The van der Waals surface area contributed by atoms with Gasteiger partial charge in [-0.2, -0.15) is 0 Å². The van der Waals surface area contributed by atoms with Crippen molar-refractivity contribution in [1.29, 1.82) is 0 Å². The molecule has 1 aromatic rings. The Hall–Kier alpha value is -1.66. The quantitative estimate of drug-likeness (QED) is 0.617. The van der Waals surface area contributed by atoms with Crippen LogP contribution in [-0.2, 0) is 35.5 Å². The van der Waals surface area contributed by atoms with Crippen molar-refractivity contribution in [3.8, 4) is 0 Å². The number of hydrogen-bond acceptors (Lipinski definition) is 5. The Morgan fingerprint density at radius 2 is 1.67 bits per heavy atom. The van der Waals surface area contributed by atoms with Crippen LogP contribution in [0.3, 0.4) is 0 Å². The summed E-state index contributed by atoms with van der Waals surface area (Å²) in [7, 11) is 0.660. The predicted molar refractivity (Wildman–Crippen MR) is 92.9 cm³/mol. The molecule has 6 heteroatoms. The van der Waals surface area contributed by atoms with Crippen molar-refractivity contribution in [3.05, 3.63) is 35.4 Å². The smallest absolute Gasteiger partial charge is 0.312 e. The summed E-state index contributed by atoms with van der Waals surface area (Å²) in [4.78, 5) is 25.0. The van der Waals surface area contributed by atoms with Gasteiger partial charge in [-0.3, -0.25) is 9.59 Å². The van der Waals surface area contributed by atoms with Gasteiger partial charge in [0.2, 0.25) is 0 Å². The lowest BCUT2D eigenvalue weighted by atomic mass is 9.66. The Bertz CT molecular complexity index is 637. The molecule has 2 rings (SSSR count). The van der Waals surface area contributed by atoms with Crippen molar-refractivity contribution >= 4 is 20.3 Å². The highest BCUT2D eigenvalue weighted by molar-refractivity contribution is 6.69. The average Bonchev–Trinajstić information content (AvgIpc) is 2.51. The molecule has 0 aromatic heterocycles. The van der Waals surface area contributed by atoms with Crippen molar-refractivity contribution in [2.24, 2.45) is 11.8 Å². The number of carbonyl (C=O) groups excluding carboxylic acids is 2. The highest BCUT2D eigenvalue weighted by Crippen LogP contribution is 2.47. The van der Waals surface area contributed by atoms with E-state index in [2.05, 4.69) is 19.6 Å². The number of esters is 2. The van der Waals surface area contributed by atoms with Gasteiger partial charge in [0, 0.05) is 0 Å². The monoisotopic (exact) mass is 350 g/mol. The minimum atomic E-state index is -2.02. The fourth-order valence-corrected chi connectivity index (χ4v) is 5.24. The maximum atomic E-state index is 12.6. The van der Waals surface area contributed by atoms with Gasteiger partial charge in [0.1, 0.15) is 5.92 Å². The van der Waals surface area contributed by atoms with E-state index in [0.717, 1.165) is 11.1 Å². The lowest BCUT2D eigenvalue weighted by molar-refractivity contribution is -0.169. The fraction of sp³-hybridized carbons (Fsp3) is 0.556. The van der Waals surface area contributed by atoms with Crippen LogP contribution in [0.4, 0.5) is 0 Å². The van der Waals surface area contributed by atoms with Gasteiger partial charge in [0.25, 0.3) is 0 Å². The molecule has 0 aliphatic heterocycles. The first-order valence-corrected chi connectivity index (χ1v) is 11.5. The fourth-order valence-electron chi connectivity index (χ4n) is 3.73. The Morgan fingerprint density at radius 1 is 1.08 bits per heavy atom. The molecule has 0 spiro atoms. The van der Waals surface area contributed by atoms with Crippen LogP contribution in [0.1, 0.15) is 18.1 Å². The minimum absolute atomic E-state index is 0.412. The molecule has 0 fully saturated rings. The number of rotatable bonds is 4. The Labute approximate surface area is 144 Å². The largest absolute Gasteiger partial charge is 0.469 e. The van der Waals surface area contributed by atoms with Crippen molar-refractivity contribution < 1.29 is 23.5 Å². The molecule has 0 N–H and O–H groups in total. The highest BCUT2D eigenvalue weighted by atomic mass is 28.4. The van der Waals surface area contributed by atoms with Crippen LogP contribution < -0.4 is 0 Å². The van der Waals surface area contributed by atoms with Crippen LogP contribution in [0.5, 0.6) is 0 Å². The van der Waals surface area contributed by atoms with Gasteiger partial charge >= 0.3 is 11.9 Å². The van der Waals surface area contributed by atoms with E-state index in [1.165, 1.54) is 14.2 Å². The maximum Gasteiger partial charge on any atom is 0.312 e. The number of hydrogen-bond donors (Lipinski definition) is 0. The Balaban J connectivity index is 2.67. The van der Waals surface area contributed by atoms with Gasteiger partial charge in [0.05, 0.1) is 25.7 Å². The second-order valence-corrected chi connectivity index (χ2v) is 11.7. The van der Waals surface area contributed by atoms with E-state index < -0.39 is 37.7 Å². The normalized spacial score (nSPS) is 26.4. The van der Waals surface area contributed by atoms with Gasteiger partial charge in [-0.05, 0) is 44.1 Å². The maximum absolute atomic E-state index is 12.6. The number of benzene rings is 1. The van der Waals surface area contributed by atoms with Gasteiger partial charge in [-0.1, -0.05) is 24.3 Å². The molecule has 1 aliphatic carbocycles. The summed E-state index contributed by atoms with van der Waals surface area (Å²) in [6.45, 7) is 8.09. The first kappa shape index (κ1) is 18.7. The third-order valence-corrected chi connectivity index (χ3v) is 5.50. The molecular formula is C18H26O5Si. The van der Waals surface area contributed by atoms with E-state index in [1.807, 2.05) is 31.2 Å². The molecule has 0 amide bonds. The predicted octanol–water partition coefficient (Wildman–Crippen LogP) is 2.89. The lowest BCUT2D eigenvalue weighted by Gasteiger charge is -2.47. The molecular weight excluding hydrogens is 324 g/mol. The molecule has 1 aromatic carbocycles. The second-order valence-electron chi connectivity index (χ2n) is 7.31. The van der Waals surface area contributed by atoms with E-state index in [9.17, 15) is 9.59 Å². The van der Waals surface area contributed by atoms with Gasteiger partial charge in [0.15, 0.2) is 8.32 Å². The summed E-state index contributed by atoms with van der Waals surface area (Å²) in [5.41, 5.74) is 1.03. The van der Waals surface area contributed by atoms with Crippen LogP contribution in [0.15, 0.2) is 24.3 Å². The molecule has 5 nitrogen and oxygen atoms in total. The summed E-state index contributed by atoms with van der Waals surface area (Å²) in [6.07, 6.45) is 0.438. The molecule has 0 radical (unpaired) electrons. The van der Waals surface area contributed by atoms with E-state index in [0.29, 0.717) is 6.42 Å². The first-order chi connectivity index (χ1) is 11.1. The highest BCUT2D eigenvalue weighted by Gasteiger charge is 2.54. The molecule has 0 saturated heterocycles. The first-order valence-electron chi connectivity index (χ1n) is 8.08. The van der Waals surface area contributed by atoms with E-state index in [4.69, 9.17) is 13.9 Å². The minimum Gasteiger partial charge on any atom is -0.469 e. The molecule has 0 heterocycles. The SMILES string of the molecule is COC(=O)C1Cc2ccccc2C(C)(O[Si](C)(C)C)C1C(=O)OC. The molecule has 24 heavy (non-hydrogen) atoms. The van der Waals surface area contributed by atoms with E-state index in [1.54, 1.807) is 0 Å². The van der Waals surface area contributed by atoms with Crippen LogP contribution in [0.25, 0.3) is 0 Å². The van der Waals surface area contributed by atoms with Gasteiger partial charge in [-0.25, -0.2) is 0 Å². The molecule has 3 unspecified atom stereocenters. The summed E-state index contributed by atoms with van der Waals surface area (Å²) in [5, 5.41) is 0. The summed E-state index contributed by atoms with van der Waals surface area (Å²) >= 11 is 0. The lowest BCUT2D eigenvalue weighted by Crippen LogP contribution is -2.54. The molecule has 0 bridgehead atoms. The number of methoxy groups -OCH3 is 2. The molecule has 1 aliphatic rings. The van der Waals surface area contributed by atoms with Gasteiger partial charge < -0.3 is 13.9 Å². The van der Waals surface area contributed by atoms with Gasteiger partial charge in [-0.15, -0.1) is 0 Å². The second kappa shape index (κ2) is 6.68. The third-order valence-electron chi connectivity index (χ3n) is 4.47. The summed E-state index contributed by atoms with van der Waals surface area (Å²) < 4.78 is 16.5. The number of carbonyl (C=O) groups is 2. The third kappa shape index (κ3) is 3.39. The summed E-state index contributed by atoms with van der Waals surface area (Å²) in [5.74, 6) is -2.22. The zero-order valence-corrected chi connectivity index (χ0v) is 16.2.